The van der Waals surface area contributed by atoms with Crippen LogP contribution in [0.3, 0.4) is 0 Å². The smallest absolute Gasteiger partial charge is 0.312 e. The molecule has 0 aliphatic heterocycles. The lowest BCUT2D eigenvalue weighted by Crippen LogP contribution is -2.28. The number of nitro groups is 1. The fraction of sp³-hybridized carbons (Fsp3) is 0.583. The Balaban J connectivity index is 2.29. The Hall–Kier alpha value is -1.17. The van der Waals surface area contributed by atoms with Crippen LogP contribution in [0.25, 0.3) is 0 Å². The number of anilines is 1. The minimum atomic E-state index is -0.358. The zero-order valence-electron chi connectivity index (χ0n) is 10.3. The van der Waals surface area contributed by atoms with Crippen LogP contribution in [0, 0.1) is 16.0 Å². The maximum atomic E-state index is 11.1. The van der Waals surface area contributed by atoms with Gasteiger partial charge in [0, 0.05) is 29.8 Å². The van der Waals surface area contributed by atoms with Gasteiger partial charge in [-0.25, -0.2) is 4.98 Å². The maximum Gasteiger partial charge on any atom is 0.312 e. The Labute approximate surface area is 114 Å². The highest BCUT2D eigenvalue weighted by molar-refractivity contribution is 9.10. The van der Waals surface area contributed by atoms with Gasteiger partial charge in [-0.15, -0.1) is 0 Å². The summed E-state index contributed by atoms with van der Waals surface area (Å²) in [5.41, 5.74) is 0.0819. The third kappa shape index (κ3) is 3.19. The molecule has 0 spiro atoms. The maximum absolute atomic E-state index is 11.1. The Morgan fingerprint density at radius 2 is 2.33 bits per heavy atom. The van der Waals surface area contributed by atoms with E-state index in [1.54, 1.807) is 6.20 Å². The van der Waals surface area contributed by atoms with Crippen molar-refractivity contribution in [2.45, 2.75) is 26.2 Å². The molecule has 5 nitrogen and oxygen atoms in total. The molecule has 2 rings (SSSR count). The monoisotopic (exact) mass is 313 g/mol. The molecule has 0 aromatic carbocycles. The van der Waals surface area contributed by atoms with Crippen LogP contribution < -0.4 is 4.90 Å². The van der Waals surface area contributed by atoms with E-state index in [9.17, 15) is 10.1 Å². The first-order valence-electron chi connectivity index (χ1n) is 6.16. The van der Waals surface area contributed by atoms with Gasteiger partial charge >= 0.3 is 5.69 Å². The van der Waals surface area contributed by atoms with E-state index >= 15 is 0 Å². The van der Waals surface area contributed by atoms with Crippen LogP contribution in [-0.2, 0) is 0 Å². The van der Waals surface area contributed by atoms with Crippen LogP contribution in [0.5, 0.6) is 0 Å². The molecular formula is C12H16BrN3O2. The number of hydrogen-bond acceptors (Lipinski definition) is 4. The first-order chi connectivity index (χ1) is 8.61. The summed E-state index contributed by atoms with van der Waals surface area (Å²) in [4.78, 5) is 17.0. The lowest BCUT2D eigenvalue weighted by atomic mass is 10.3. The average molecular weight is 314 g/mol. The summed E-state index contributed by atoms with van der Waals surface area (Å²) in [5.74, 6) is 1.18. The topological polar surface area (TPSA) is 59.3 Å². The molecule has 0 atom stereocenters. The van der Waals surface area contributed by atoms with Gasteiger partial charge in [-0.1, -0.05) is 6.92 Å². The van der Waals surface area contributed by atoms with Gasteiger partial charge in [-0.05, 0) is 41.1 Å². The Morgan fingerprint density at radius 1 is 1.61 bits per heavy atom. The van der Waals surface area contributed by atoms with Crippen LogP contribution in [0.2, 0.25) is 0 Å². The summed E-state index contributed by atoms with van der Waals surface area (Å²) in [6.45, 7) is 3.76. The van der Waals surface area contributed by atoms with Crippen molar-refractivity contribution in [2.24, 2.45) is 5.92 Å². The standard InChI is InChI=1S/C12H16BrN3O2/c1-2-5-15(8-9-3-4-9)12-11(16(17)18)6-10(13)7-14-12/h6-7,9H,2-5,8H2,1H3. The van der Waals surface area contributed by atoms with Crippen molar-refractivity contribution in [1.82, 2.24) is 4.98 Å². The third-order valence-corrected chi connectivity index (χ3v) is 3.41. The summed E-state index contributed by atoms with van der Waals surface area (Å²) in [5, 5.41) is 11.1. The minimum Gasteiger partial charge on any atom is -0.351 e. The van der Waals surface area contributed by atoms with Crippen LogP contribution in [0.1, 0.15) is 26.2 Å². The predicted molar refractivity (Wildman–Crippen MR) is 73.8 cm³/mol. The van der Waals surface area contributed by atoms with Crippen molar-refractivity contribution in [1.29, 1.82) is 0 Å². The zero-order valence-corrected chi connectivity index (χ0v) is 11.9. The van der Waals surface area contributed by atoms with Crippen molar-refractivity contribution in [3.63, 3.8) is 0 Å². The molecule has 1 saturated carbocycles. The quantitative estimate of drug-likeness (QED) is 0.596. The summed E-state index contributed by atoms with van der Waals surface area (Å²) in [6.07, 6.45) is 5.04. The van der Waals surface area contributed by atoms with Gasteiger partial charge in [0.05, 0.1) is 4.92 Å². The van der Waals surface area contributed by atoms with E-state index in [0.717, 1.165) is 19.5 Å². The van der Waals surface area contributed by atoms with Crippen LogP contribution in [0.4, 0.5) is 11.5 Å². The van der Waals surface area contributed by atoms with Crippen molar-refractivity contribution < 1.29 is 4.92 Å². The van der Waals surface area contributed by atoms with E-state index in [1.165, 1.54) is 18.9 Å². The van der Waals surface area contributed by atoms with Crippen LogP contribution >= 0.6 is 15.9 Å². The number of rotatable bonds is 6. The molecule has 1 heterocycles. The lowest BCUT2D eigenvalue weighted by Gasteiger charge is -2.22. The van der Waals surface area contributed by atoms with E-state index in [0.29, 0.717) is 16.2 Å². The molecule has 1 aliphatic rings. The summed E-state index contributed by atoms with van der Waals surface area (Å²) in [6, 6.07) is 1.53. The molecule has 0 bridgehead atoms. The first kappa shape index (κ1) is 13.3. The van der Waals surface area contributed by atoms with E-state index in [-0.39, 0.29) is 10.6 Å². The summed E-state index contributed by atoms with van der Waals surface area (Å²) in [7, 11) is 0. The second-order valence-electron chi connectivity index (χ2n) is 4.64. The highest BCUT2D eigenvalue weighted by atomic mass is 79.9. The number of halogens is 1. The molecule has 98 valence electrons. The van der Waals surface area contributed by atoms with Gasteiger partial charge in [-0.3, -0.25) is 10.1 Å². The Morgan fingerprint density at radius 3 is 2.89 bits per heavy atom. The van der Waals surface area contributed by atoms with E-state index in [2.05, 4.69) is 27.8 Å². The zero-order chi connectivity index (χ0) is 13.1. The molecule has 1 aromatic heterocycles. The predicted octanol–water partition coefficient (Wildman–Crippen LogP) is 3.38. The highest BCUT2D eigenvalue weighted by Gasteiger charge is 2.28. The molecule has 0 radical (unpaired) electrons. The Bertz CT molecular complexity index is 449. The fourth-order valence-electron chi connectivity index (χ4n) is 1.97. The van der Waals surface area contributed by atoms with Gasteiger partial charge in [-0.2, -0.15) is 0 Å². The molecule has 0 amide bonds. The lowest BCUT2D eigenvalue weighted by molar-refractivity contribution is -0.384. The van der Waals surface area contributed by atoms with E-state index in [1.807, 2.05) is 4.90 Å². The molecule has 6 heteroatoms. The van der Waals surface area contributed by atoms with Crippen molar-refractivity contribution in [2.75, 3.05) is 18.0 Å². The highest BCUT2D eigenvalue weighted by Crippen LogP contribution is 2.34. The van der Waals surface area contributed by atoms with E-state index in [4.69, 9.17) is 0 Å². The number of aromatic nitrogens is 1. The molecule has 0 saturated heterocycles. The van der Waals surface area contributed by atoms with Crippen LogP contribution in [0.15, 0.2) is 16.7 Å². The molecule has 0 N–H and O–H groups in total. The first-order valence-corrected chi connectivity index (χ1v) is 6.96. The van der Waals surface area contributed by atoms with Gasteiger partial charge < -0.3 is 4.90 Å². The fourth-order valence-corrected chi connectivity index (χ4v) is 2.28. The van der Waals surface area contributed by atoms with Crippen molar-refractivity contribution in [3.05, 3.63) is 26.9 Å². The molecule has 18 heavy (non-hydrogen) atoms. The van der Waals surface area contributed by atoms with Gasteiger partial charge in [0.25, 0.3) is 0 Å². The normalized spacial score (nSPS) is 14.6. The number of hydrogen-bond donors (Lipinski definition) is 0. The largest absolute Gasteiger partial charge is 0.351 e. The molecule has 1 aromatic rings. The van der Waals surface area contributed by atoms with Crippen molar-refractivity contribution >= 4 is 27.4 Å². The van der Waals surface area contributed by atoms with Crippen LogP contribution in [-0.4, -0.2) is 23.0 Å². The molecular weight excluding hydrogens is 298 g/mol. The minimum absolute atomic E-state index is 0.0819. The Kier molecular flexibility index (Phi) is 4.16. The SMILES string of the molecule is CCCN(CC1CC1)c1ncc(Br)cc1[N+](=O)[O-]. The second-order valence-corrected chi connectivity index (χ2v) is 5.56. The summed E-state index contributed by atoms with van der Waals surface area (Å²) >= 11 is 3.23. The molecule has 1 aliphatic carbocycles. The molecule has 1 fully saturated rings. The summed E-state index contributed by atoms with van der Waals surface area (Å²) < 4.78 is 0.640. The number of nitrogens with zero attached hydrogens (tertiary/aromatic N) is 3. The van der Waals surface area contributed by atoms with Gasteiger partial charge in [0.15, 0.2) is 0 Å². The van der Waals surface area contributed by atoms with E-state index < -0.39 is 0 Å². The third-order valence-electron chi connectivity index (χ3n) is 2.98. The number of pyridine rings is 1. The molecule has 0 unspecified atom stereocenters. The van der Waals surface area contributed by atoms with Gasteiger partial charge in [0.1, 0.15) is 0 Å². The second kappa shape index (κ2) is 5.65. The average Bonchev–Trinajstić information content (AvgIpc) is 3.12. The van der Waals surface area contributed by atoms with Crippen molar-refractivity contribution in [3.8, 4) is 0 Å². The van der Waals surface area contributed by atoms with Gasteiger partial charge in [0.2, 0.25) is 5.82 Å².